The SMILES string of the molecule is C1=COCCC1.COC(=O)c1ccncc1Br.Nc1nn(-c2ccccc2)cc1-c1ccccc1.O=[N+]([O-])c1[nH]ncc1-c1ccccc1.O=[N+]([O-])c1[nH]ncc1Br.O=[N+]([O-])c1nn(-c2ccccc2)cc1-c1ccccc1.O=[N+]([O-])c1nn(C2CCCCO2)cc1-c1ccccc1.O=[N+]([O-])c1nn(C2CCCCO2)cc1Br.OB(O)c1ccccc1.OB(O)c1ccccc1. The molecule has 38 nitrogen and oxygen atoms in total. The van der Waals surface area contributed by atoms with Crippen molar-refractivity contribution in [2.24, 2.45) is 0 Å². The van der Waals surface area contributed by atoms with Crippen molar-refractivity contribution in [2.45, 2.75) is 63.8 Å². The number of nitrogens with one attached hydrogen (secondary N) is 2. The number of pyridine rings is 1. The molecule has 8 aromatic carbocycles. The Morgan fingerprint density at radius 3 is 1.21 bits per heavy atom. The van der Waals surface area contributed by atoms with Crippen LogP contribution in [0.3, 0.4) is 0 Å². The number of methoxy groups -OCH3 is 1. The number of halogens is 3. The zero-order valence-corrected chi connectivity index (χ0v) is 74.6. The number of carbonyl (C=O) groups is 1. The standard InChI is InChI=1S/C15H11N3O2.C15H13N3.C14H15N3O3.C9H7N3O2.C8H10BrN3O3.C7H6BrNO2.2C6H7BO2.C5H8O.C3H2BrN3O2/c19-18(20)15-14(12-7-3-1-4-8-12)11-17(16-15)13-9-5-2-6-10-13;16-15-14(12-7-3-1-4-8-12)11-18(17-15)13-9-5-2-6-10-13;18-17(19)14-12(11-6-2-1-3-7-11)10-16(15-14)13-8-4-5-9-20-13;13-12(14)9-8(6-10-11-9)7-4-2-1-3-5-7;9-6-5-11(10-8(6)12(13)14)7-3-1-2-4-15-7;1-11-7(10)5-2-3-9-4-6(5)8;2*8-7(9)6-4-2-1-3-5-6;1-2-4-6-5-3-1;4-2-1-5-6-3(2)7(8)9/h1-11H;1-11H,(H2,16,17);1-3,6-7,10,13H,4-5,8-9H2;1-6H,(H,10,11);5,7H,1-4H2;2-4H,1H3;2*1-5,8-9H;2,4H,1,3,5H2;1H,(H,5,6). The van der Waals surface area contributed by atoms with Crippen molar-refractivity contribution in [3.05, 3.63) is 380 Å². The Hall–Kier alpha value is -14.7. The predicted octanol–water partition coefficient (Wildman–Crippen LogP) is 16.7. The third-order valence-corrected chi connectivity index (χ3v) is 20.1. The fourth-order valence-electron chi connectivity index (χ4n) is 12.0. The molecule has 2 atom stereocenters. The minimum Gasteiger partial charge on any atom is -0.502 e. The number of anilines is 1. The zero-order valence-electron chi connectivity index (χ0n) is 69.8. The van der Waals surface area contributed by atoms with Crippen LogP contribution in [0.4, 0.5) is 34.9 Å². The minimum absolute atomic E-state index is 0.0730. The number of allylic oxidation sites excluding steroid dienone is 1. The summed E-state index contributed by atoms with van der Waals surface area (Å²) in [5, 5.41) is 116. The highest BCUT2D eigenvalue weighted by Crippen LogP contribution is 2.35. The summed E-state index contributed by atoms with van der Waals surface area (Å²) in [6.07, 6.45) is 24.5. The summed E-state index contributed by atoms with van der Waals surface area (Å²) in [5.41, 5.74) is 15.3. The van der Waals surface area contributed by atoms with Gasteiger partial charge in [-0.25, -0.2) is 9.48 Å². The third kappa shape index (κ3) is 31.6. The number of hydrogen-bond donors (Lipinski definition) is 7. The number of nitrogens with zero attached hydrogens (tertiary/aromatic N) is 16. The van der Waals surface area contributed by atoms with Gasteiger partial charge in [0.1, 0.15) is 20.1 Å². The van der Waals surface area contributed by atoms with Gasteiger partial charge in [0.05, 0.1) is 93.2 Å². The number of rotatable bonds is 16. The monoisotopic (exact) mass is 1970 g/mol. The van der Waals surface area contributed by atoms with Gasteiger partial charge in [-0.1, -0.05) is 229 Å². The van der Waals surface area contributed by atoms with Crippen molar-refractivity contribution in [3.63, 3.8) is 0 Å². The van der Waals surface area contributed by atoms with E-state index < -0.39 is 38.9 Å². The third-order valence-electron chi connectivity index (χ3n) is 18.4. The number of H-pyrrole nitrogens is 2. The van der Waals surface area contributed by atoms with E-state index in [4.69, 9.17) is 40.0 Å². The Morgan fingerprint density at radius 2 is 0.847 bits per heavy atom. The maximum atomic E-state index is 11.2. The molecule has 2 saturated heterocycles. The first-order valence-electron chi connectivity index (χ1n) is 40.0. The highest BCUT2D eigenvalue weighted by molar-refractivity contribution is 9.11. The lowest BCUT2D eigenvalue weighted by molar-refractivity contribution is -0.390. The van der Waals surface area contributed by atoms with E-state index in [2.05, 4.69) is 98.3 Å². The second-order valence-corrected chi connectivity index (χ2v) is 29.9. The molecule has 18 rings (SSSR count). The van der Waals surface area contributed by atoms with Crippen LogP contribution in [0.15, 0.2) is 324 Å². The predicted molar refractivity (Wildman–Crippen MR) is 501 cm³/mol. The number of nitrogens with two attached hydrogens (primary N) is 1. The van der Waals surface area contributed by atoms with Crippen molar-refractivity contribution in [1.82, 2.24) is 64.5 Å². The Kier molecular flexibility index (Phi) is 40.6. The summed E-state index contributed by atoms with van der Waals surface area (Å²) in [6, 6.07) is 75.8. The highest BCUT2D eigenvalue weighted by atomic mass is 79.9. The highest BCUT2D eigenvalue weighted by Gasteiger charge is 2.29. The van der Waals surface area contributed by atoms with Crippen LogP contribution < -0.4 is 16.7 Å². The van der Waals surface area contributed by atoms with Crippen LogP contribution in [0, 0.1) is 50.6 Å². The molecule has 0 spiro atoms. The number of ether oxygens (including phenoxy) is 4. The molecular weight excluding hydrogens is 1890 g/mol. The normalized spacial score (nSPS) is 13.0. The van der Waals surface area contributed by atoms with E-state index in [1.165, 1.54) is 47.9 Å². The molecule has 10 heterocycles. The van der Waals surface area contributed by atoms with Gasteiger partial charge in [0.2, 0.25) is 0 Å². The summed E-state index contributed by atoms with van der Waals surface area (Å²) in [4.78, 5) is 65.8. The van der Waals surface area contributed by atoms with Gasteiger partial charge in [-0.3, -0.25) is 4.98 Å². The largest absolute Gasteiger partial charge is 0.502 e. The number of aromatic amines is 2. The maximum absolute atomic E-state index is 11.2. The molecule has 8 N–H and O–H groups in total. The Labute approximate surface area is 774 Å². The van der Waals surface area contributed by atoms with Crippen LogP contribution in [0.25, 0.3) is 55.9 Å². The molecule has 2 fully saturated rings. The quantitative estimate of drug-likeness (QED) is 0.0204. The van der Waals surface area contributed by atoms with Gasteiger partial charge in [0, 0.05) is 37.4 Å². The first kappa shape index (κ1) is 100. The van der Waals surface area contributed by atoms with Gasteiger partial charge in [0.15, 0.2) is 18.3 Å². The number of para-hydroxylation sites is 2. The van der Waals surface area contributed by atoms with E-state index in [1.54, 1.807) is 107 Å². The number of esters is 1. The molecule has 131 heavy (non-hydrogen) atoms. The number of nitrogen functional groups attached to an aromatic ring is 1. The molecule has 3 aliphatic rings. The van der Waals surface area contributed by atoms with Crippen LogP contribution in [-0.2, 0) is 18.9 Å². The second kappa shape index (κ2) is 53.2. The van der Waals surface area contributed by atoms with Crippen LogP contribution >= 0.6 is 47.8 Å². The number of nitro groups is 5. The van der Waals surface area contributed by atoms with E-state index >= 15 is 0 Å². The van der Waals surface area contributed by atoms with Crippen molar-refractivity contribution >= 4 is 114 Å². The van der Waals surface area contributed by atoms with Crippen molar-refractivity contribution < 1.29 is 68.5 Å². The molecule has 0 aliphatic carbocycles. The first-order chi connectivity index (χ1) is 63.4. The average molecular weight is 1980 g/mol. The maximum Gasteiger partial charge on any atom is 0.488 e. The van der Waals surface area contributed by atoms with Gasteiger partial charge >= 0.3 is 49.3 Å². The van der Waals surface area contributed by atoms with Crippen LogP contribution in [0.1, 0.15) is 74.2 Å². The van der Waals surface area contributed by atoms with E-state index in [1.807, 2.05) is 194 Å². The van der Waals surface area contributed by atoms with Crippen LogP contribution in [0.2, 0.25) is 0 Å². The molecule has 7 aromatic heterocycles. The number of aromatic nitrogens is 13. The number of hydrogen-bond acceptors (Lipinski definition) is 27. The zero-order chi connectivity index (χ0) is 93.8. The van der Waals surface area contributed by atoms with Crippen molar-refractivity contribution in [1.29, 1.82) is 0 Å². The van der Waals surface area contributed by atoms with Gasteiger partial charge in [-0.2, -0.15) is 14.5 Å². The van der Waals surface area contributed by atoms with Crippen molar-refractivity contribution in [3.8, 4) is 55.9 Å². The fourth-order valence-corrected chi connectivity index (χ4v) is 13.2. The van der Waals surface area contributed by atoms with Crippen LogP contribution in [-0.4, -0.2) is 156 Å². The van der Waals surface area contributed by atoms with Crippen molar-refractivity contribution in [2.75, 3.05) is 32.7 Å². The summed E-state index contributed by atoms with van der Waals surface area (Å²) < 4.78 is 28.3. The second-order valence-electron chi connectivity index (χ2n) is 27.4. The first-order valence-corrected chi connectivity index (χ1v) is 42.3. The Morgan fingerprint density at radius 1 is 0.443 bits per heavy atom. The molecular formula is C88H86B2Br3N19O19. The van der Waals surface area contributed by atoms with Gasteiger partial charge < -0.3 is 95.3 Å². The Bertz CT molecular complexity index is 6000. The van der Waals surface area contributed by atoms with E-state index in [0.29, 0.717) is 65.6 Å². The summed E-state index contributed by atoms with van der Waals surface area (Å²) >= 11 is 9.21. The lowest BCUT2D eigenvalue weighted by Gasteiger charge is -2.20. The topological polar surface area (TPSA) is 518 Å². The van der Waals surface area contributed by atoms with E-state index in [-0.39, 0.29) is 47.5 Å². The van der Waals surface area contributed by atoms with Gasteiger partial charge in [-0.15, -0.1) is 14.9 Å². The van der Waals surface area contributed by atoms with Gasteiger partial charge in [0.25, 0.3) is 0 Å². The molecule has 15 aromatic rings. The smallest absolute Gasteiger partial charge is 0.488 e. The summed E-state index contributed by atoms with van der Waals surface area (Å²) in [5.74, 6) is -0.426. The number of carbonyl (C=O) groups excluding carboxylic acids is 1. The fraction of sp³-hybridized carbons (Fsp3) is 0.159. The lowest BCUT2D eigenvalue weighted by atomic mass is 9.81. The van der Waals surface area contributed by atoms with Crippen LogP contribution in [0.5, 0.6) is 0 Å². The van der Waals surface area contributed by atoms with Gasteiger partial charge in [-0.05, 0) is 193 Å². The lowest BCUT2D eigenvalue weighted by Crippen LogP contribution is -2.29. The Balaban J connectivity index is 0.000000167. The summed E-state index contributed by atoms with van der Waals surface area (Å²) in [7, 11) is -1.34. The van der Waals surface area contributed by atoms with E-state index in [0.717, 1.165) is 84.3 Å². The minimum atomic E-state index is -1.34. The molecule has 0 amide bonds. The molecule has 0 bridgehead atoms. The molecule has 43 heteroatoms. The van der Waals surface area contributed by atoms with E-state index in [9.17, 15) is 55.4 Å². The molecule has 0 saturated carbocycles. The molecule has 3 aliphatic heterocycles. The summed E-state index contributed by atoms with van der Waals surface area (Å²) in [6.45, 7) is 2.28. The average Bonchev–Trinajstić information content (AvgIpc) is 1.67. The number of benzene rings is 8. The molecule has 0 radical (unpaired) electrons. The molecule has 2 unspecified atom stereocenters. The molecule has 674 valence electrons.